The Labute approximate surface area is 118 Å². The van der Waals surface area contributed by atoms with Gasteiger partial charge in [-0.1, -0.05) is 0 Å². The van der Waals surface area contributed by atoms with Gasteiger partial charge in [-0.25, -0.2) is 0 Å². The molecular weight excluding hydrogens is 252 g/mol. The van der Waals surface area contributed by atoms with E-state index in [1.165, 1.54) is 0 Å². The van der Waals surface area contributed by atoms with Crippen molar-refractivity contribution in [2.45, 2.75) is 34.2 Å². The van der Waals surface area contributed by atoms with E-state index in [1.807, 2.05) is 39.8 Å². The number of hydrogen-bond acceptors (Lipinski definition) is 3. The topological polar surface area (TPSA) is 72.9 Å². The van der Waals surface area contributed by atoms with Crippen LogP contribution in [0, 0.1) is 20.8 Å². The molecule has 0 aliphatic carbocycles. The molecule has 0 aliphatic heterocycles. The standard InChI is InChI=1S/C15H20N4O/c1-5-19-14(8-11(4)18-19)15(20)17-13-7-10(3)9(2)6-12(13)16/h6-8H,5,16H2,1-4H3,(H,17,20). The molecule has 0 aliphatic rings. The van der Waals surface area contributed by atoms with Gasteiger partial charge in [-0.15, -0.1) is 0 Å². The second kappa shape index (κ2) is 5.36. The zero-order valence-electron chi connectivity index (χ0n) is 12.3. The SMILES string of the molecule is CCn1nc(C)cc1C(=O)Nc1cc(C)c(C)cc1N. The number of nitrogens with one attached hydrogen (secondary N) is 1. The Bertz CT molecular complexity index is 658. The predicted molar refractivity (Wildman–Crippen MR) is 80.9 cm³/mol. The number of anilines is 2. The van der Waals surface area contributed by atoms with Crippen LogP contribution in [-0.2, 0) is 6.54 Å². The van der Waals surface area contributed by atoms with Crippen molar-refractivity contribution in [3.63, 3.8) is 0 Å². The molecule has 2 rings (SSSR count). The van der Waals surface area contributed by atoms with Crippen LogP contribution in [0.4, 0.5) is 11.4 Å². The first-order valence-electron chi connectivity index (χ1n) is 6.65. The van der Waals surface area contributed by atoms with Gasteiger partial charge in [0.2, 0.25) is 0 Å². The molecule has 3 N–H and O–H groups in total. The quantitative estimate of drug-likeness (QED) is 0.844. The Morgan fingerprint density at radius 3 is 2.55 bits per heavy atom. The first kappa shape index (κ1) is 14.1. The summed E-state index contributed by atoms with van der Waals surface area (Å²) < 4.78 is 1.68. The number of hydrogen-bond donors (Lipinski definition) is 2. The van der Waals surface area contributed by atoms with Gasteiger partial charge in [-0.3, -0.25) is 9.48 Å². The average molecular weight is 272 g/mol. The fourth-order valence-electron chi connectivity index (χ4n) is 2.10. The average Bonchev–Trinajstić information content (AvgIpc) is 2.77. The van der Waals surface area contributed by atoms with E-state index >= 15 is 0 Å². The van der Waals surface area contributed by atoms with Gasteiger partial charge in [0.1, 0.15) is 5.69 Å². The lowest BCUT2D eigenvalue weighted by Gasteiger charge is -2.11. The normalized spacial score (nSPS) is 10.6. The van der Waals surface area contributed by atoms with Crippen LogP contribution in [0.1, 0.15) is 34.2 Å². The first-order valence-corrected chi connectivity index (χ1v) is 6.65. The maximum Gasteiger partial charge on any atom is 0.273 e. The zero-order valence-corrected chi connectivity index (χ0v) is 12.3. The lowest BCUT2D eigenvalue weighted by Crippen LogP contribution is -2.18. The second-order valence-corrected chi connectivity index (χ2v) is 4.96. The fraction of sp³-hybridized carbons (Fsp3) is 0.333. The second-order valence-electron chi connectivity index (χ2n) is 4.96. The molecule has 5 heteroatoms. The molecule has 0 radical (unpaired) electrons. The molecule has 0 spiro atoms. The van der Waals surface area contributed by atoms with Crippen LogP contribution in [0.2, 0.25) is 0 Å². The summed E-state index contributed by atoms with van der Waals surface area (Å²) in [5.41, 5.74) is 10.7. The maximum atomic E-state index is 12.3. The van der Waals surface area contributed by atoms with E-state index < -0.39 is 0 Å². The minimum absolute atomic E-state index is 0.192. The fourth-order valence-corrected chi connectivity index (χ4v) is 2.10. The van der Waals surface area contributed by atoms with E-state index in [-0.39, 0.29) is 5.91 Å². The number of rotatable bonds is 3. The molecule has 1 aromatic carbocycles. The highest BCUT2D eigenvalue weighted by Crippen LogP contribution is 2.23. The molecule has 20 heavy (non-hydrogen) atoms. The maximum absolute atomic E-state index is 12.3. The number of carbonyl (C=O) groups is 1. The number of benzene rings is 1. The summed E-state index contributed by atoms with van der Waals surface area (Å²) in [6.07, 6.45) is 0. The van der Waals surface area contributed by atoms with Crippen LogP contribution in [-0.4, -0.2) is 15.7 Å². The molecule has 0 bridgehead atoms. The van der Waals surface area contributed by atoms with Gasteiger partial charge in [0.25, 0.3) is 5.91 Å². The van der Waals surface area contributed by atoms with Crippen molar-refractivity contribution in [3.05, 3.63) is 40.7 Å². The highest BCUT2D eigenvalue weighted by molar-refractivity contribution is 6.04. The number of nitrogens with zero attached hydrogens (tertiary/aromatic N) is 2. The molecule has 1 aromatic heterocycles. The third-order valence-corrected chi connectivity index (χ3v) is 3.35. The Hall–Kier alpha value is -2.30. The van der Waals surface area contributed by atoms with E-state index in [0.717, 1.165) is 16.8 Å². The number of carbonyl (C=O) groups excluding carboxylic acids is 1. The molecule has 0 fully saturated rings. The summed E-state index contributed by atoms with van der Waals surface area (Å²) in [7, 11) is 0. The van der Waals surface area contributed by atoms with Crippen LogP contribution in [0.25, 0.3) is 0 Å². The number of nitrogens with two attached hydrogens (primary N) is 1. The highest BCUT2D eigenvalue weighted by Gasteiger charge is 2.14. The molecular formula is C15H20N4O. The van der Waals surface area contributed by atoms with Crippen molar-refractivity contribution in [2.24, 2.45) is 0 Å². The third-order valence-electron chi connectivity index (χ3n) is 3.35. The third kappa shape index (κ3) is 2.66. The van der Waals surface area contributed by atoms with Crippen molar-refractivity contribution in [1.29, 1.82) is 0 Å². The van der Waals surface area contributed by atoms with Crippen molar-refractivity contribution >= 4 is 17.3 Å². The molecule has 1 amide bonds. The number of nitrogen functional groups attached to an aromatic ring is 1. The van der Waals surface area contributed by atoms with Gasteiger partial charge >= 0.3 is 0 Å². The van der Waals surface area contributed by atoms with Crippen LogP contribution >= 0.6 is 0 Å². The molecule has 106 valence electrons. The van der Waals surface area contributed by atoms with Crippen LogP contribution in [0.5, 0.6) is 0 Å². The summed E-state index contributed by atoms with van der Waals surface area (Å²) in [4.78, 5) is 12.3. The van der Waals surface area contributed by atoms with Crippen LogP contribution < -0.4 is 11.1 Å². The molecule has 0 saturated heterocycles. The van der Waals surface area contributed by atoms with Gasteiger partial charge < -0.3 is 11.1 Å². The van der Waals surface area contributed by atoms with Gasteiger partial charge in [-0.2, -0.15) is 5.10 Å². The summed E-state index contributed by atoms with van der Waals surface area (Å²) >= 11 is 0. The summed E-state index contributed by atoms with van der Waals surface area (Å²) in [6, 6.07) is 5.53. The van der Waals surface area contributed by atoms with E-state index in [4.69, 9.17) is 5.73 Å². The largest absolute Gasteiger partial charge is 0.397 e. The molecule has 0 atom stereocenters. The van der Waals surface area contributed by atoms with Crippen LogP contribution in [0.15, 0.2) is 18.2 Å². The van der Waals surface area contributed by atoms with Crippen molar-refractivity contribution in [3.8, 4) is 0 Å². The predicted octanol–water partition coefficient (Wildman–Crippen LogP) is 2.66. The Kier molecular flexibility index (Phi) is 3.79. The van der Waals surface area contributed by atoms with Gasteiger partial charge in [-0.05, 0) is 57.0 Å². The first-order chi connectivity index (χ1) is 9.42. The van der Waals surface area contributed by atoms with Crippen molar-refractivity contribution < 1.29 is 4.79 Å². The van der Waals surface area contributed by atoms with E-state index in [2.05, 4.69) is 10.4 Å². The van der Waals surface area contributed by atoms with Crippen molar-refractivity contribution in [2.75, 3.05) is 11.1 Å². The monoisotopic (exact) mass is 272 g/mol. The molecule has 5 nitrogen and oxygen atoms in total. The lowest BCUT2D eigenvalue weighted by molar-refractivity contribution is 0.101. The van der Waals surface area contributed by atoms with Gasteiger partial charge in [0.05, 0.1) is 17.1 Å². The zero-order chi connectivity index (χ0) is 14.9. The van der Waals surface area contributed by atoms with Gasteiger partial charge in [0.15, 0.2) is 0 Å². The van der Waals surface area contributed by atoms with E-state index in [1.54, 1.807) is 10.7 Å². The minimum Gasteiger partial charge on any atom is -0.397 e. The Morgan fingerprint density at radius 2 is 1.90 bits per heavy atom. The van der Waals surface area contributed by atoms with Crippen LogP contribution in [0.3, 0.4) is 0 Å². The van der Waals surface area contributed by atoms with Crippen molar-refractivity contribution in [1.82, 2.24) is 9.78 Å². The Balaban J connectivity index is 2.30. The molecule has 0 saturated carbocycles. The molecule has 0 unspecified atom stereocenters. The van der Waals surface area contributed by atoms with E-state index in [0.29, 0.717) is 23.6 Å². The lowest BCUT2D eigenvalue weighted by atomic mass is 10.1. The molecule has 2 aromatic rings. The minimum atomic E-state index is -0.192. The smallest absolute Gasteiger partial charge is 0.273 e. The van der Waals surface area contributed by atoms with E-state index in [9.17, 15) is 4.79 Å². The highest BCUT2D eigenvalue weighted by atomic mass is 16.2. The van der Waals surface area contributed by atoms with Gasteiger partial charge in [0, 0.05) is 6.54 Å². The number of aromatic nitrogens is 2. The summed E-state index contributed by atoms with van der Waals surface area (Å²) in [5, 5.41) is 7.13. The summed E-state index contributed by atoms with van der Waals surface area (Å²) in [6.45, 7) is 8.46. The Morgan fingerprint density at radius 1 is 1.25 bits per heavy atom. The molecule has 1 heterocycles. The summed E-state index contributed by atoms with van der Waals surface area (Å²) in [5.74, 6) is -0.192. The number of amides is 1. The number of aryl methyl sites for hydroxylation is 4.